The lowest BCUT2D eigenvalue weighted by Gasteiger charge is -2.26. The van der Waals surface area contributed by atoms with Gasteiger partial charge < -0.3 is 30.3 Å². The van der Waals surface area contributed by atoms with Crippen LogP contribution in [0.4, 0.5) is 10.5 Å². The van der Waals surface area contributed by atoms with Crippen molar-refractivity contribution < 1.29 is 19.4 Å². The molecule has 0 spiro atoms. The molecule has 3 amide bonds. The minimum atomic E-state index is -0.249. The lowest BCUT2D eigenvalue weighted by atomic mass is 10.2. The minimum Gasteiger partial charge on any atom is -0.394 e. The van der Waals surface area contributed by atoms with E-state index >= 15 is 0 Å². The number of benzene rings is 1. The Labute approximate surface area is 194 Å². The van der Waals surface area contributed by atoms with Gasteiger partial charge in [0, 0.05) is 35.8 Å². The molecule has 1 aromatic carbocycles. The normalized spacial score (nSPS) is 10.9. The van der Waals surface area contributed by atoms with Crippen LogP contribution in [-0.4, -0.2) is 79.4 Å². The predicted molar refractivity (Wildman–Crippen MR) is 128 cm³/mol. The van der Waals surface area contributed by atoms with Gasteiger partial charge in [0.2, 0.25) is 0 Å². The number of likely N-dealkylation sites (N-methyl/N-ethyl adjacent to an activating group) is 1. The number of urea groups is 1. The maximum atomic E-state index is 12.9. The first-order chi connectivity index (χ1) is 15.6. The van der Waals surface area contributed by atoms with Crippen LogP contribution in [-0.2, 0) is 11.3 Å². The highest BCUT2D eigenvalue weighted by Gasteiger charge is 2.16. The van der Waals surface area contributed by atoms with E-state index in [2.05, 4.69) is 29.4 Å². The van der Waals surface area contributed by atoms with E-state index in [1.165, 1.54) is 0 Å². The molecule has 0 aliphatic heterocycles. The van der Waals surface area contributed by atoms with Crippen LogP contribution in [0.15, 0.2) is 41.8 Å². The molecule has 0 saturated heterocycles. The summed E-state index contributed by atoms with van der Waals surface area (Å²) in [5, 5.41) is 16.6. The second-order valence-corrected chi connectivity index (χ2v) is 8.16. The third-order valence-corrected chi connectivity index (χ3v) is 5.86. The highest BCUT2D eigenvalue weighted by Crippen LogP contribution is 2.13. The number of hydrogen-bond acceptors (Lipinski definition) is 6. The van der Waals surface area contributed by atoms with Crippen molar-refractivity contribution in [3.63, 3.8) is 0 Å². The molecule has 0 radical (unpaired) electrons. The summed E-state index contributed by atoms with van der Waals surface area (Å²) in [6.07, 6.45) is 0. The molecule has 8 nitrogen and oxygen atoms in total. The number of aliphatic hydroxyl groups is 1. The van der Waals surface area contributed by atoms with Gasteiger partial charge in [0.25, 0.3) is 5.91 Å². The van der Waals surface area contributed by atoms with Crippen LogP contribution in [0, 0.1) is 0 Å². The summed E-state index contributed by atoms with van der Waals surface area (Å²) in [5.41, 5.74) is 1.04. The summed E-state index contributed by atoms with van der Waals surface area (Å²) in [6.45, 7) is 8.74. The lowest BCUT2D eigenvalue weighted by molar-refractivity contribution is 0.0784. The number of nitrogens with one attached hydrogen (secondary N) is 2. The maximum absolute atomic E-state index is 12.9. The average Bonchev–Trinajstić information content (AvgIpc) is 3.33. The van der Waals surface area contributed by atoms with E-state index in [4.69, 9.17) is 9.84 Å². The van der Waals surface area contributed by atoms with Crippen molar-refractivity contribution in [1.82, 2.24) is 15.1 Å². The second kappa shape index (κ2) is 14.6. The van der Waals surface area contributed by atoms with Gasteiger partial charge in [0.15, 0.2) is 0 Å². The zero-order valence-electron chi connectivity index (χ0n) is 18.9. The van der Waals surface area contributed by atoms with Crippen molar-refractivity contribution in [2.24, 2.45) is 0 Å². The molecule has 0 unspecified atom stereocenters. The number of carbonyl (C=O) groups excluding carboxylic acids is 2. The average molecular weight is 463 g/mol. The zero-order valence-corrected chi connectivity index (χ0v) is 19.7. The quantitative estimate of drug-likeness (QED) is 0.375. The second-order valence-electron chi connectivity index (χ2n) is 7.12. The van der Waals surface area contributed by atoms with Crippen LogP contribution >= 0.6 is 11.3 Å². The number of rotatable bonds is 14. The SMILES string of the molecule is CCN(CC)CCN(CCOCCO)C(=O)Nc1cccc(C(=O)NCc2cccs2)c1. The van der Waals surface area contributed by atoms with E-state index in [0.717, 1.165) is 24.5 Å². The molecular formula is C23H34N4O4S. The third-order valence-electron chi connectivity index (χ3n) is 4.99. The van der Waals surface area contributed by atoms with Gasteiger partial charge in [-0.25, -0.2) is 4.79 Å². The van der Waals surface area contributed by atoms with E-state index in [-0.39, 0.29) is 25.2 Å². The number of anilines is 1. The largest absolute Gasteiger partial charge is 0.394 e. The standard InChI is InChI=1S/C23H34N4O4S/c1-3-26(4-2)10-11-27(12-14-31-15-13-28)23(30)25-20-8-5-7-19(17-20)22(29)24-18-21-9-6-16-32-21/h5-9,16-17,28H,3-4,10-15,18H2,1-2H3,(H,24,29)(H,25,30). The fourth-order valence-corrected chi connectivity index (χ4v) is 3.73. The Kier molecular flexibility index (Phi) is 11.7. The molecule has 0 saturated carbocycles. The third kappa shape index (κ3) is 8.96. The first-order valence-electron chi connectivity index (χ1n) is 10.9. The molecule has 0 aliphatic carbocycles. The Morgan fingerprint density at radius 1 is 1.06 bits per heavy atom. The molecule has 1 heterocycles. The van der Waals surface area contributed by atoms with E-state index in [0.29, 0.717) is 37.5 Å². The van der Waals surface area contributed by atoms with Gasteiger partial charge in [-0.15, -0.1) is 11.3 Å². The molecule has 2 aromatic rings. The van der Waals surface area contributed by atoms with Crippen LogP contribution in [0.5, 0.6) is 0 Å². The minimum absolute atomic E-state index is 0.0486. The maximum Gasteiger partial charge on any atom is 0.321 e. The van der Waals surface area contributed by atoms with Crippen molar-refractivity contribution in [2.45, 2.75) is 20.4 Å². The fourth-order valence-electron chi connectivity index (χ4n) is 3.08. The molecule has 9 heteroatoms. The van der Waals surface area contributed by atoms with Crippen LogP contribution in [0.2, 0.25) is 0 Å². The molecule has 1 aromatic heterocycles. The Balaban J connectivity index is 1.96. The van der Waals surface area contributed by atoms with Crippen LogP contribution in [0.3, 0.4) is 0 Å². The van der Waals surface area contributed by atoms with Crippen molar-refractivity contribution >= 4 is 29.0 Å². The number of aliphatic hydroxyl groups excluding tert-OH is 1. The van der Waals surface area contributed by atoms with Gasteiger partial charge in [0.05, 0.1) is 26.4 Å². The fraction of sp³-hybridized carbons (Fsp3) is 0.478. The summed E-state index contributed by atoms with van der Waals surface area (Å²) >= 11 is 1.59. The number of carbonyl (C=O) groups is 2. The molecule has 3 N–H and O–H groups in total. The van der Waals surface area contributed by atoms with E-state index in [1.54, 1.807) is 40.5 Å². The number of thiophene rings is 1. The summed E-state index contributed by atoms with van der Waals surface area (Å²) in [4.78, 5) is 30.4. The number of nitrogens with zero attached hydrogens (tertiary/aromatic N) is 2. The summed E-state index contributed by atoms with van der Waals surface area (Å²) < 4.78 is 5.34. The molecule has 32 heavy (non-hydrogen) atoms. The molecule has 0 fully saturated rings. The Morgan fingerprint density at radius 2 is 1.88 bits per heavy atom. The van der Waals surface area contributed by atoms with Crippen molar-refractivity contribution in [3.05, 3.63) is 52.2 Å². The van der Waals surface area contributed by atoms with Gasteiger partial charge in [-0.2, -0.15) is 0 Å². The van der Waals surface area contributed by atoms with Gasteiger partial charge >= 0.3 is 6.03 Å². The smallest absolute Gasteiger partial charge is 0.321 e. The van der Waals surface area contributed by atoms with Gasteiger partial charge in [-0.3, -0.25) is 4.79 Å². The summed E-state index contributed by atoms with van der Waals surface area (Å²) in [5.74, 6) is -0.190. The summed E-state index contributed by atoms with van der Waals surface area (Å²) in [6, 6.07) is 10.6. The predicted octanol–water partition coefficient (Wildman–Crippen LogP) is 2.86. The highest BCUT2D eigenvalue weighted by molar-refractivity contribution is 7.09. The highest BCUT2D eigenvalue weighted by atomic mass is 32.1. The molecule has 0 atom stereocenters. The van der Waals surface area contributed by atoms with E-state index in [1.807, 2.05) is 17.5 Å². The van der Waals surface area contributed by atoms with Gasteiger partial charge in [-0.1, -0.05) is 26.0 Å². The monoisotopic (exact) mass is 462 g/mol. The number of amides is 3. The molecule has 0 bridgehead atoms. The molecule has 2 rings (SSSR count). The number of hydrogen-bond donors (Lipinski definition) is 3. The molecular weight excluding hydrogens is 428 g/mol. The Bertz CT molecular complexity index is 812. The first-order valence-corrected chi connectivity index (χ1v) is 11.8. The van der Waals surface area contributed by atoms with E-state index < -0.39 is 0 Å². The summed E-state index contributed by atoms with van der Waals surface area (Å²) in [7, 11) is 0. The van der Waals surface area contributed by atoms with Crippen LogP contribution in [0.25, 0.3) is 0 Å². The molecule has 176 valence electrons. The van der Waals surface area contributed by atoms with Crippen LogP contribution < -0.4 is 10.6 Å². The van der Waals surface area contributed by atoms with Crippen LogP contribution in [0.1, 0.15) is 29.1 Å². The zero-order chi connectivity index (χ0) is 23.2. The number of ether oxygens (including phenoxy) is 1. The van der Waals surface area contributed by atoms with Crippen molar-refractivity contribution in [2.75, 3.05) is 57.9 Å². The van der Waals surface area contributed by atoms with Gasteiger partial charge in [0.1, 0.15) is 0 Å². The topological polar surface area (TPSA) is 94.1 Å². The van der Waals surface area contributed by atoms with Gasteiger partial charge in [-0.05, 0) is 42.7 Å². The first kappa shape index (κ1) is 25.8. The Morgan fingerprint density at radius 3 is 2.56 bits per heavy atom. The van der Waals surface area contributed by atoms with Crippen molar-refractivity contribution in [3.8, 4) is 0 Å². The van der Waals surface area contributed by atoms with E-state index in [9.17, 15) is 9.59 Å². The Hall–Kier alpha value is -2.46. The van der Waals surface area contributed by atoms with Crippen molar-refractivity contribution in [1.29, 1.82) is 0 Å². The lowest BCUT2D eigenvalue weighted by Crippen LogP contribution is -2.42. The molecule has 0 aliphatic rings.